The van der Waals surface area contributed by atoms with E-state index in [9.17, 15) is 8.78 Å². The van der Waals surface area contributed by atoms with E-state index in [-0.39, 0.29) is 11.3 Å². The maximum atomic E-state index is 12.3. The van der Waals surface area contributed by atoms with E-state index < -0.39 is 6.43 Å². The summed E-state index contributed by atoms with van der Waals surface area (Å²) in [6, 6.07) is 0. The van der Waals surface area contributed by atoms with Gasteiger partial charge in [0.15, 0.2) is 0 Å². The fourth-order valence-electron chi connectivity index (χ4n) is 0.994. The molecule has 2 N–H and O–H groups in total. The molecular weight excluding hydrogens is 242 g/mol. The van der Waals surface area contributed by atoms with Gasteiger partial charge in [0.2, 0.25) is 0 Å². The Kier molecular flexibility index (Phi) is 3.19. The van der Waals surface area contributed by atoms with Crippen molar-refractivity contribution in [2.24, 2.45) is 0 Å². The van der Waals surface area contributed by atoms with Crippen LogP contribution in [0.25, 0.3) is 0 Å². The van der Waals surface area contributed by atoms with Gasteiger partial charge in [-0.1, -0.05) is 15.9 Å². The van der Waals surface area contributed by atoms with Crippen LogP contribution in [0.5, 0.6) is 0 Å². The van der Waals surface area contributed by atoms with Crippen molar-refractivity contribution in [3.05, 3.63) is 23.0 Å². The maximum Gasteiger partial charge on any atom is 0.267 e. The number of rotatable bonds is 2. The van der Waals surface area contributed by atoms with Crippen LogP contribution < -0.4 is 5.73 Å². The fourth-order valence-corrected chi connectivity index (χ4v) is 1.56. The molecule has 1 aromatic heterocycles. The molecule has 0 aliphatic heterocycles. The van der Waals surface area contributed by atoms with E-state index >= 15 is 0 Å². The number of nitrogens with two attached hydrogens (primary N) is 1. The molecule has 1 heterocycles. The third-order valence-corrected chi connectivity index (χ3v) is 2.40. The molecule has 72 valence electrons. The van der Waals surface area contributed by atoms with E-state index in [2.05, 4.69) is 20.9 Å². The van der Waals surface area contributed by atoms with Crippen molar-refractivity contribution < 1.29 is 8.78 Å². The molecule has 1 aromatic rings. The number of pyridine rings is 1. The minimum Gasteiger partial charge on any atom is -0.398 e. The lowest BCUT2D eigenvalue weighted by molar-refractivity contribution is 0.151. The molecule has 1 rings (SSSR count). The van der Waals surface area contributed by atoms with Crippen LogP contribution in [0.1, 0.15) is 23.2 Å². The lowest BCUT2D eigenvalue weighted by atomic mass is 10.1. The van der Waals surface area contributed by atoms with E-state index in [1.807, 2.05) is 0 Å². The Bertz CT molecular complexity index is 315. The molecule has 0 aliphatic rings. The van der Waals surface area contributed by atoms with Gasteiger partial charge in [0.25, 0.3) is 6.43 Å². The van der Waals surface area contributed by atoms with Crippen LogP contribution in [0.4, 0.5) is 14.5 Å². The van der Waals surface area contributed by atoms with Gasteiger partial charge in [0.1, 0.15) is 0 Å². The summed E-state index contributed by atoms with van der Waals surface area (Å²) in [4.78, 5) is 3.87. The van der Waals surface area contributed by atoms with Crippen LogP contribution in [0.15, 0.2) is 6.20 Å². The number of anilines is 1. The van der Waals surface area contributed by atoms with Crippen molar-refractivity contribution in [1.29, 1.82) is 0 Å². The second kappa shape index (κ2) is 4.00. The highest BCUT2D eigenvalue weighted by atomic mass is 79.9. The average molecular weight is 251 g/mol. The lowest BCUT2D eigenvalue weighted by Crippen LogP contribution is -2.02. The Morgan fingerprint density at radius 2 is 2.23 bits per heavy atom. The van der Waals surface area contributed by atoms with Crippen molar-refractivity contribution >= 4 is 21.6 Å². The minimum absolute atomic E-state index is 0.138. The molecule has 5 heteroatoms. The average Bonchev–Trinajstić information content (AvgIpc) is 2.09. The van der Waals surface area contributed by atoms with Gasteiger partial charge in [-0.2, -0.15) is 0 Å². The summed E-state index contributed by atoms with van der Waals surface area (Å²) >= 11 is 3.20. The van der Waals surface area contributed by atoms with Crippen molar-refractivity contribution in [2.75, 3.05) is 5.73 Å². The van der Waals surface area contributed by atoms with Crippen LogP contribution in [0, 0.1) is 6.92 Å². The number of nitrogen functional groups attached to an aromatic ring is 1. The molecule has 0 bridgehead atoms. The number of hydrogen-bond donors (Lipinski definition) is 1. The van der Waals surface area contributed by atoms with Crippen molar-refractivity contribution in [3.63, 3.8) is 0 Å². The number of halogens is 3. The molecule has 2 nitrogen and oxygen atoms in total. The van der Waals surface area contributed by atoms with E-state index in [0.717, 1.165) is 6.20 Å². The van der Waals surface area contributed by atoms with Gasteiger partial charge in [-0.15, -0.1) is 0 Å². The predicted octanol–water partition coefficient (Wildman–Crippen LogP) is 2.80. The van der Waals surface area contributed by atoms with Gasteiger partial charge < -0.3 is 5.73 Å². The summed E-state index contributed by atoms with van der Waals surface area (Å²) < 4.78 is 24.6. The Labute approximate surface area is 83.3 Å². The van der Waals surface area contributed by atoms with Gasteiger partial charge in [-0.3, -0.25) is 4.98 Å². The molecule has 0 aliphatic carbocycles. The first-order valence-corrected chi connectivity index (χ1v) is 4.78. The molecule has 0 aromatic carbocycles. The lowest BCUT2D eigenvalue weighted by Gasteiger charge is -2.09. The number of hydrogen-bond acceptors (Lipinski definition) is 2. The zero-order valence-corrected chi connectivity index (χ0v) is 8.61. The van der Waals surface area contributed by atoms with Gasteiger partial charge in [-0.25, -0.2) is 8.78 Å². The third-order valence-electron chi connectivity index (χ3n) is 1.87. The Hall–Kier alpha value is -0.710. The topological polar surface area (TPSA) is 38.9 Å². The second-order valence-corrected chi connectivity index (χ2v) is 3.19. The number of alkyl halides is 3. The number of nitrogens with zero attached hydrogens (tertiary/aromatic N) is 1. The smallest absolute Gasteiger partial charge is 0.267 e. The summed E-state index contributed by atoms with van der Waals surface area (Å²) in [7, 11) is 0. The predicted molar refractivity (Wildman–Crippen MR) is 51.0 cm³/mol. The molecule has 0 fully saturated rings. The molecule has 0 saturated carbocycles. The van der Waals surface area contributed by atoms with Gasteiger partial charge in [0, 0.05) is 17.2 Å². The Morgan fingerprint density at radius 1 is 1.62 bits per heavy atom. The normalized spacial score (nSPS) is 10.8. The largest absolute Gasteiger partial charge is 0.398 e. The first-order valence-electron chi connectivity index (χ1n) is 3.66. The van der Waals surface area contributed by atoms with E-state index in [1.165, 1.54) is 0 Å². The monoisotopic (exact) mass is 250 g/mol. The van der Waals surface area contributed by atoms with Crippen molar-refractivity contribution in [2.45, 2.75) is 18.7 Å². The molecule has 13 heavy (non-hydrogen) atoms. The molecule has 0 atom stereocenters. The highest BCUT2D eigenvalue weighted by Crippen LogP contribution is 2.28. The van der Waals surface area contributed by atoms with E-state index in [1.54, 1.807) is 6.92 Å². The third kappa shape index (κ3) is 1.96. The number of aromatic nitrogens is 1. The van der Waals surface area contributed by atoms with Gasteiger partial charge >= 0.3 is 0 Å². The summed E-state index contributed by atoms with van der Waals surface area (Å²) in [5.74, 6) is 0. The quantitative estimate of drug-likeness (QED) is 0.821. The van der Waals surface area contributed by atoms with Gasteiger partial charge in [0.05, 0.1) is 11.3 Å². The fraction of sp³-hybridized carbons (Fsp3) is 0.375. The van der Waals surface area contributed by atoms with E-state index in [0.29, 0.717) is 16.6 Å². The highest BCUT2D eigenvalue weighted by Gasteiger charge is 2.15. The van der Waals surface area contributed by atoms with Crippen LogP contribution in [-0.2, 0) is 5.33 Å². The summed E-state index contributed by atoms with van der Waals surface area (Å²) in [6.07, 6.45) is -1.43. The van der Waals surface area contributed by atoms with E-state index in [4.69, 9.17) is 5.73 Å². The molecule has 0 amide bonds. The molecule has 0 unspecified atom stereocenters. The zero-order valence-electron chi connectivity index (χ0n) is 7.02. The Morgan fingerprint density at radius 3 is 2.69 bits per heavy atom. The van der Waals surface area contributed by atoms with Crippen LogP contribution in [0.2, 0.25) is 0 Å². The first-order chi connectivity index (χ1) is 6.07. The van der Waals surface area contributed by atoms with Crippen LogP contribution in [0.3, 0.4) is 0 Å². The highest BCUT2D eigenvalue weighted by molar-refractivity contribution is 9.08. The summed E-state index contributed by atoms with van der Waals surface area (Å²) in [5.41, 5.74) is 6.78. The van der Waals surface area contributed by atoms with Crippen LogP contribution in [-0.4, -0.2) is 4.98 Å². The SMILES string of the molecule is Cc1c(CBr)ncc(C(F)F)c1N. The standard InChI is InChI=1S/C8H9BrF2N2/c1-4-6(2-9)13-3-5(7(4)12)8(10)11/h3,8H,2H2,1H3,(H2,12,13). The van der Waals surface area contributed by atoms with Crippen molar-refractivity contribution in [3.8, 4) is 0 Å². The first kappa shape index (κ1) is 10.4. The second-order valence-electron chi connectivity index (χ2n) is 2.63. The molecule has 0 radical (unpaired) electrons. The molecule has 0 spiro atoms. The molecular formula is C8H9BrF2N2. The Balaban J connectivity index is 3.23. The maximum absolute atomic E-state index is 12.3. The van der Waals surface area contributed by atoms with Crippen molar-refractivity contribution in [1.82, 2.24) is 4.98 Å². The summed E-state index contributed by atoms with van der Waals surface area (Å²) in [5, 5.41) is 0.520. The zero-order chi connectivity index (χ0) is 10.0. The summed E-state index contributed by atoms with van der Waals surface area (Å²) in [6.45, 7) is 1.69. The minimum atomic E-state index is -2.56. The van der Waals surface area contributed by atoms with Crippen LogP contribution >= 0.6 is 15.9 Å². The van der Waals surface area contributed by atoms with Gasteiger partial charge in [-0.05, 0) is 12.5 Å². The molecule has 0 saturated heterocycles.